The number of rotatable bonds is 6. The fraction of sp³-hybridized carbons (Fsp3) is 0.103. The van der Waals surface area contributed by atoms with E-state index >= 15 is 0 Å². The normalized spacial score (nSPS) is 23.4. The third-order valence-corrected chi connectivity index (χ3v) is 10.4. The summed E-state index contributed by atoms with van der Waals surface area (Å²) in [6.45, 7) is -15.3. The van der Waals surface area contributed by atoms with Gasteiger partial charge in [-0.15, -0.1) is 0 Å². The van der Waals surface area contributed by atoms with Gasteiger partial charge in [-0.3, -0.25) is 0 Å². The molecule has 0 unspecified atom stereocenters. The lowest BCUT2D eigenvalue weighted by Crippen LogP contribution is -2.17. The number of anilines is 3. The lowest BCUT2D eigenvalue weighted by molar-refractivity contribution is 0.660. The second-order valence-electron chi connectivity index (χ2n) is 13.8. The molecule has 59 heavy (non-hydrogen) atoms. The number of nitrogens with zero attached hydrogens (tertiary/aromatic N) is 1. The van der Waals surface area contributed by atoms with Gasteiger partial charge in [0.2, 0.25) is 0 Å². The van der Waals surface area contributed by atoms with Crippen molar-refractivity contribution in [2.24, 2.45) is 0 Å². The molecule has 0 amide bonds. The van der Waals surface area contributed by atoms with Crippen molar-refractivity contribution in [3.8, 4) is 55.6 Å². The van der Waals surface area contributed by atoms with Gasteiger partial charge in [0.15, 0.2) is 0 Å². The Kier molecular flexibility index (Phi) is 3.24. The molecule has 282 valence electrons. The van der Waals surface area contributed by atoms with Crippen LogP contribution in [0.2, 0.25) is 0 Å². The highest BCUT2D eigenvalue weighted by atomic mass is 15.1. The van der Waals surface area contributed by atoms with E-state index in [0.29, 0.717) is 4.90 Å². The molecule has 0 atom stereocenters. The van der Waals surface area contributed by atoms with Crippen LogP contribution in [-0.4, -0.2) is 0 Å². The largest absolute Gasteiger partial charge is 0.310 e. The molecule has 0 aromatic heterocycles. The Morgan fingerprint density at radius 2 is 1.14 bits per heavy atom. The van der Waals surface area contributed by atoms with E-state index in [1.165, 1.54) is 30.3 Å². The van der Waals surface area contributed by atoms with E-state index in [4.69, 9.17) is 30.2 Å². The quantitative estimate of drug-likeness (QED) is 0.162. The average molecular weight is 791 g/mol. The predicted octanol–water partition coefficient (Wildman–Crippen LogP) is 15.9. The molecule has 0 fully saturated rings. The van der Waals surface area contributed by atoms with Crippen LogP contribution in [0, 0.1) is 0 Å². The van der Waals surface area contributed by atoms with E-state index in [9.17, 15) is 17.8 Å². The maximum Gasteiger partial charge on any atom is 0.0648 e. The molecular formula is C58H45N. The van der Waals surface area contributed by atoms with E-state index < -0.39 is 266 Å². The molecule has 0 aliphatic heterocycles. The van der Waals surface area contributed by atoms with Gasteiger partial charge in [0.1, 0.15) is 0 Å². The fourth-order valence-electron chi connectivity index (χ4n) is 7.72. The van der Waals surface area contributed by atoms with Gasteiger partial charge in [-0.25, -0.2) is 0 Å². The topological polar surface area (TPSA) is 3.24 Å². The first-order valence-electron chi connectivity index (χ1n) is 35.5. The van der Waals surface area contributed by atoms with E-state index in [1.807, 2.05) is 0 Å². The van der Waals surface area contributed by atoms with Crippen LogP contribution < -0.4 is 4.90 Å². The Hall–Kier alpha value is -6.96. The summed E-state index contributed by atoms with van der Waals surface area (Å²) in [6, 6.07) is -11.8. The molecule has 11 rings (SSSR count). The van der Waals surface area contributed by atoms with Gasteiger partial charge in [-0.1, -0.05) is 197 Å². The first-order valence-corrected chi connectivity index (χ1v) is 18.0. The van der Waals surface area contributed by atoms with Gasteiger partial charge in [0, 0.05) is 44.2 Å². The van der Waals surface area contributed by atoms with Gasteiger partial charge >= 0.3 is 0 Å². The summed E-state index contributed by atoms with van der Waals surface area (Å²) in [5, 5.41) is -1.31. The lowest BCUT2D eigenvalue weighted by Gasteiger charge is -2.30. The van der Waals surface area contributed by atoms with Crippen molar-refractivity contribution in [3.05, 3.63) is 222 Å². The summed E-state index contributed by atoms with van der Waals surface area (Å²) in [5.41, 5.74) is -19.4. The summed E-state index contributed by atoms with van der Waals surface area (Å²) < 4.78 is 322. The molecule has 1 heteroatoms. The monoisotopic (exact) mass is 791 g/mol. The highest BCUT2D eigenvalue weighted by Gasteiger charge is 2.39. The molecule has 0 saturated heterocycles. The number of hydrogen-bond acceptors (Lipinski definition) is 1. The Labute approximate surface area is 397 Å². The van der Waals surface area contributed by atoms with Crippen molar-refractivity contribution in [2.45, 2.75) is 38.2 Å². The average Bonchev–Trinajstić information content (AvgIpc) is 1.48. The van der Waals surface area contributed by atoms with Crippen molar-refractivity contribution in [1.29, 1.82) is 0 Å². The smallest absolute Gasteiger partial charge is 0.0648 e. The SMILES string of the molecule is [2H]c1ccc(-c2ccc(-c3c(-c4c([2H])c([2H])c(N(c5ccc6c(c5[2H])C(C([2H])([2H])[2H])(C([2H])([2H])[2H])c5c([2H])c([2H])c([2H])c([2H])c5-6)c5c([2H])c([2H])c([2H])c6c5-c5ccccc5C6(C([2H])([2H])[2H])C([2H])([2H])[2H])c([2H])c4[2H])c([2H])c([2H])c4c([2H])c([2H])c([2H])c([2H])c34)c([2H])c2[2H])c([2H])c1[2H]. The van der Waals surface area contributed by atoms with Crippen molar-refractivity contribution < 1.29 is 48.0 Å². The maximum atomic E-state index is 10.3. The van der Waals surface area contributed by atoms with Gasteiger partial charge in [-0.2, -0.15) is 0 Å². The summed E-state index contributed by atoms with van der Waals surface area (Å²) in [6.07, 6.45) is 0. The summed E-state index contributed by atoms with van der Waals surface area (Å²) in [5.74, 6) is 0. The van der Waals surface area contributed by atoms with Crippen molar-refractivity contribution >= 4 is 27.8 Å². The van der Waals surface area contributed by atoms with Gasteiger partial charge in [0.05, 0.1) is 37.2 Å². The van der Waals surface area contributed by atoms with Gasteiger partial charge < -0.3 is 4.90 Å². The minimum absolute atomic E-state index is 0.111. The van der Waals surface area contributed by atoms with Crippen molar-refractivity contribution in [1.82, 2.24) is 0 Å². The molecule has 9 aromatic rings. The number of benzene rings is 9. The van der Waals surface area contributed by atoms with E-state index in [0.717, 1.165) is 30.3 Å². The van der Waals surface area contributed by atoms with Crippen LogP contribution >= 0.6 is 0 Å². The molecule has 9 aromatic carbocycles. The highest BCUT2D eigenvalue weighted by Crippen LogP contribution is 2.56. The van der Waals surface area contributed by atoms with Crippen LogP contribution in [-0.2, 0) is 10.8 Å². The molecule has 0 saturated carbocycles. The number of hydrogen-bond donors (Lipinski definition) is 0. The van der Waals surface area contributed by atoms with E-state index in [-0.39, 0.29) is 17.2 Å². The molecule has 1 nitrogen and oxygen atoms in total. The Bertz CT molecular complexity index is 4840. The Balaban J connectivity index is 1.35. The van der Waals surface area contributed by atoms with Crippen LogP contribution in [0.1, 0.15) is 97.6 Å². The lowest BCUT2D eigenvalue weighted by atomic mass is 9.82. The van der Waals surface area contributed by atoms with Crippen LogP contribution in [0.15, 0.2) is 200 Å². The zero-order chi connectivity index (χ0) is 69.9. The van der Waals surface area contributed by atoms with Crippen molar-refractivity contribution in [2.75, 3.05) is 4.90 Å². The molecule has 0 heterocycles. The summed E-state index contributed by atoms with van der Waals surface area (Å²) >= 11 is 0. The highest BCUT2D eigenvalue weighted by molar-refractivity contribution is 6.05. The first-order chi connectivity index (χ1) is 43.4. The Morgan fingerprint density at radius 1 is 0.407 bits per heavy atom. The summed E-state index contributed by atoms with van der Waals surface area (Å²) in [7, 11) is 0. The minimum atomic E-state index is -3.93. The molecule has 2 aliphatic carbocycles. The van der Waals surface area contributed by atoms with E-state index in [2.05, 4.69) is 0 Å². The Morgan fingerprint density at radius 3 is 2.03 bits per heavy atom. The maximum absolute atomic E-state index is 10.3. The van der Waals surface area contributed by atoms with Crippen molar-refractivity contribution in [3.63, 3.8) is 0 Å². The molecule has 2 aliphatic rings. The van der Waals surface area contributed by atoms with Gasteiger partial charge in [0.25, 0.3) is 0 Å². The third-order valence-electron chi connectivity index (χ3n) is 10.4. The standard InChI is InChI=1S/C58H45N/c1-57(2)51-22-13-11-20-49(51)56-52(57)23-14-24-54(56)59(44-34-36-48-47-19-10-12-21-50(47)58(3,4)53(48)37-44)43-32-29-41(30-33-43)46-35-31-40-17-8-9-18-45(40)55(46)42-27-25-39(26-28-42)38-15-6-5-7-16-38/h5-37H,1-4H3/i1D3,2D3,3D3,4D3,5D,6D,8D,9D,10D,12D,14D,15D,17D,18D,19D,21D,23D,24D,25D,27D,29D,30D,31D,32D,33D,35D,37D. The fourth-order valence-corrected chi connectivity index (χ4v) is 7.72. The number of fused-ring (bicyclic) bond motifs is 7. The second kappa shape index (κ2) is 13.3. The predicted molar refractivity (Wildman–Crippen MR) is 250 cm³/mol. The van der Waals surface area contributed by atoms with E-state index in [1.54, 1.807) is 0 Å². The third kappa shape index (κ3) is 5.45. The molecule has 0 spiro atoms. The molecule has 0 radical (unpaired) electrons. The van der Waals surface area contributed by atoms with Crippen LogP contribution in [0.25, 0.3) is 66.4 Å². The molecular weight excluding hydrogens is 711 g/mol. The zero-order valence-corrected chi connectivity index (χ0v) is 30.2. The molecule has 0 N–H and O–H groups in total. The molecule has 0 bridgehead atoms. The van der Waals surface area contributed by atoms with Crippen LogP contribution in [0.5, 0.6) is 0 Å². The van der Waals surface area contributed by atoms with Crippen LogP contribution in [0.4, 0.5) is 17.1 Å². The minimum Gasteiger partial charge on any atom is -0.310 e. The van der Waals surface area contributed by atoms with Gasteiger partial charge in [-0.05, 0) is 113 Å². The first kappa shape index (κ1) is 14.4. The van der Waals surface area contributed by atoms with Crippen LogP contribution in [0.3, 0.4) is 0 Å². The summed E-state index contributed by atoms with van der Waals surface area (Å²) in [4.78, 5) is 0.498. The second-order valence-corrected chi connectivity index (χ2v) is 13.8. The zero-order valence-electron chi connectivity index (χ0n) is 65.2.